The lowest BCUT2D eigenvalue weighted by molar-refractivity contribution is -0.142. The zero-order valence-electron chi connectivity index (χ0n) is 19.8. The lowest BCUT2D eigenvalue weighted by Crippen LogP contribution is -2.39. The SMILES string of the molecule is CC[C@@H](CCC(=O)NCCOCCOCCOCCOCC(=O)O)NC(=O)OC(C)(C)C. The molecule has 0 aromatic heterocycles. The number of carbonyl (C=O) groups excluding carboxylic acids is 2. The third-order valence-electron chi connectivity index (χ3n) is 3.84. The van der Waals surface area contributed by atoms with Crippen LogP contribution in [-0.4, -0.2) is 94.1 Å². The molecular weight excluding hydrogens is 424 g/mol. The molecule has 1 atom stereocenters. The van der Waals surface area contributed by atoms with Gasteiger partial charge in [-0.1, -0.05) is 6.92 Å². The van der Waals surface area contributed by atoms with Crippen molar-refractivity contribution < 1.29 is 43.2 Å². The minimum atomic E-state index is -1.01. The molecule has 0 heterocycles. The minimum Gasteiger partial charge on any atom is -0.480 e. The maximum absolute atomic E-state index is 11.9. The van der Waals surface area contributed by atoms with E-state index in [1.54, 1.807) is 20.8 Å². The number of aliphatic carboxylic acids is 1. The fourth-order valence-electron chi connectivity index (χ4n) is 2.33. The van der Waals surface area contributed by atoms with Crippen LogP contribution in [0.1, 0.15) is 47.0 Å². The number of carboxylic acid groups (broad SMARTS) is 1. The first-order valence-electron chi connectivity index (χ1n) is 10.9. The zero-order valence-corrected chi connectivity index (χ0v) is 19.8. The lowest BCUT2D eigenvalue weighted by atomic mass is 10.1. The Kier molecular flexibility index (Phi) is 17.5. The second-order valence-electron chi connectivity index (χ2n) is 7.92. The first-order chi connectivity index (χ1) is 15.1. The maximum atomic E-state index is 11.9. The van der Waals surface area contributed by atoms with E-state index in [2.05, 4.69) is 10.6 Å². The molecule has 0 saturated carbocycles. The van der Waals surface area contributed by atoms with Crippen LogP contribution in [0.15, 0.2) is 0 Å². The molecule has 0 fully saturated rings. The molecule has 0 aromatic rings. The molecule has 11 heteroatoms. The van der Waals surface area contributed by atoms with Crippen LogP contribution in [-0.2, 0) is 33.3 Å². The van der Waals surface area contributed by atoms with Gasteiger partial charge in [-0.3, -0.25) is 4.79 Å². The zero-order chi connectivity index (χ0) is 24.2. The summed E-state index contributed by atoms with van der Waals surface area (Å²) < 4.78 is 26.0. The molecule has 32 heavy (non-hydrogen) atoms. The highest BCUT2D eigenvalue weighted by atomic mass is 16.6. The van der Waals surface area contributed by atoms with Crippen LogP contribution in [0.4, 0.5) is 4.79 Å². The Labute approximate surface area is 190 Å². The van der Waals surface area contributed by atoms with Gasteiger partial charge in [-0.15, -0.1) is 0 Å². The second-order valence-corrected chi connectivity index (χ2v) is 7.92. The fraction of sp³-hybridized carbons (Fsp3) is 0.857. The second kappa shape index (κ2) is 18.6. The molecule has 0 saturated heterocycles. The van der Waals surface area contributed by atoms with Gasteiger partial charge < -0.3 is 39.4 Å². The number of rotatable bonds is 19. The first kappa shape index (κ1) is 30.0. The number of hydrogen-bond acceptors (Lipinski definition) is 8. The van der Waals surface area contributed by atoms with Crippen molar-refractivity contribution in [3.05, 3.63) is 0 Å². The number of carbonyl (C=O) groups is 3. The summed E-state index contributed by atoms with van der Waals surface area (Å²) >= 11 is 0. The quantitative estimate of drug-likeness (QED) is 0.241. The number of alkyl carbamates (subject to hydrolysis) is 1. The monoisotopic (exact) mass is 464 g/mol. The third-order valence-corrected chi connectivity index (χ3v) is 3.84. The average molecular weight is 465 g/mol. The molecule has 0 aliphatic heterocycles. The van der Waals surface area contributed by atoms with Gasteiger partial charge in [0.25, 0.3) is 0 Å². The van der Waals surface area contributed by atoms with Crippen LogP contribution >= 0.6 is 0 Å². The van der Waals surface area contributed by atoms with E-state index in [-0.39, 0.29) is 25.2 Å². The summed E-state index contributed by atoms with van der Waals surface area (Å²) in [7, 11) is 0. The highest BCUT2D eigenvalue weighted by molar-refractivity contribution is 5.76. The van der Waals surface area contributed by atoms with Crippen LogP contribution in [0.2, 0.25) is 0 Å². The lowest BCUT2D eigenvalue weighted by Gasteiger charge is -2.23. The smallest absolute Gasteiger partial charge is 0.407 e. The van der Waals surface area contributed by atoms with Crippen molar-refractivity contribution >= 4 is 18.0 Å². The Hall–Kier alpha value is -1.95. The van der Waals surface area contributed by atoms with Crippen LogP contribution in [0.25, 0.3) is 0 Å². The predicted molar refractivity (Wildman–Crippen MR) is 117 cm³/mol. The summed E-state index contributed by atoms with van der Waals surface area (Å²) in [4.78, 5) is 34.0. The van der Waals surface area contributed by atoms with Crippen LogP contribution in [0.3, 0.4) is 0 Å². The van der Waals surface area contributed by atoms with Crippen molar-refractivity contribution in [1.82, 2.24) is 10.6 Å². The van der Waals surface area contributed by atoms with E-state index in [4.69, 9.17) is 28.8 Å². The van der Waals surface area contributed by atoms with Crippen molar-refractivity contribution in [1.29, 1.82) is 0 Å². The highest BCUT2D eigenvalue weighted by Gasteiger charge is 2.19. The van der Waals surface area contributed by atoms with Crippen molar-refractivity contribution in [2.75, 3.05) is 59.4 Å². The molecule has 0 unspecified atom stereocenters. The largest absolute Gasteiger partial charge is 0.480 e. The van der Waals surface area contributed by atoms with E-state index in [9.17, 15) is 14.4 Å². The summed E-state index contributed by atoms with van der Waals surface area (Å²) in [6.45, 7) is 9.90. The summed E-state index contributed by atoms with van der Waals surface area (Å²) in [6.07, 6.45) is 1.07. The van der Waals surface area contributed by atoms with Gasteiger partial charge in [0.05, 0.1) is 46.2 Å². The summed E-state index contributed by atoms with van der Waals surface area (Å²) in [6, 6.07) is -0.120. The Morgan fingerprint density at radius 1 is 0.875 bits per heavy atom. The van der Waals surface area contributed by atoms with Gasteiger partial charge in [0.15, 0.2) is 0 Å². The van der Waals surface area contributed by atoms with Gasteiger partial charge in [-0.05, 0) is 33.6 Å². The average Bonchev–Trinajstić information content (AvgIpc) is 2.69. The number of hydrogen-bond donors (Lipinski definition) is 3. The van der Waals surface area contributed by atoms with E-state index >= 15 is 0 Å². The van der Waals surface area contributed by atoms with Gasteiger partial charge in [0.1, 0.15) is 12.2 Å². The fourth-order valence-corrected chi connectivity index (χ4v) is 2.33. The van der Waals surface area contributed by atoms with Crippen LogP contribution in [0.5, 0.6) is 0 Å². The number of nitrogens with one attached hydrogen (secondary N) is 2. The van der Waals surface area contributed by atoms with Crippen molar-refractivity contribution in [2.24, 2.45) is 0 Å². The van der Waals surface area contributed by atoms with E-state index in [1.807, 2.05) is 6.92 Å². The van der Waals surface area contributed by atoms with Gasteiger partial charge in [-0.25, -0.2) is 9.59 Å². The Morgan fingerprint density at radius 2 is 1.41 bits per heavy atom. The van der Waals surface area contributed by atoms with Crippen molar-refractivity contribution in [2.45, 2.75) is 58.6 Å². The Bertz CT molecular complexity index is 524. The number of carboxylic acids is 1. The van der Waals surface area contributed by atoms with Gasteiger partial charge >= 0.3 is 12.1 Å². The Morgan fingerprint density at radius 3 is 1.91 bits per heavy atom. The van der Waals surface area contributed by atoms with Gasteiger partial charge in [0, 0.05) is 19.0 Å². The molecule has 0 rings (SSSR count). The summed E-state index contributed by atoms with van der Waals surface area (Å²) in [5, 5.41) is 14.0. The maximum Gasteiger partial charge on any atom is 0.407 e. The summed E-state index contributed by atoms with van der Waals surface area (Å²) in [5.41, 5.74) is -0.557. The van der Waals surface area contributed by atoms with Crippen LogP contribution in [0, 0.1) is 0 Å². The summed E-state index contributed by atoms with van der Waals surface area (Å²) in [5.74, 6) is -1.11. The molecule has 0 bridgehead atoms. The van der Waals surface area contributed by atoms with Crippen molar-refractivity contribution in [3.63, 3.8) is 0 Å². The topological polar surface area (TPSA) is 142 Å². The molecule has 0 radical (unpaired) electrons. The van der Waals surface area contributed by atoms with Gasteiger partial charge in [0.2, 0.25) is 5.91 Å². The van der Waals surface area contributed by atoms with Gasteiger partial charge in [-0.2, -0.15) is 0 Å². The molecular formula is C21H40N2O9. The molecule has 0 aromatic carbocycles. The molecule has 11 nitrogen and oxygen atoms in total. The number of amides is 2. The first-order valence-corrected chi connectivity index (χ1v) is 10.9. The van der Waals surface area contributed by atoms with E-state index < -0.39 is 17.7 Å². The highest BCUT2D eigenvalue weighted by Crippen LogP contribution is 2.08. The standard InChI is InChI=1S/C21H40N2O9/c1-5-17(23-20(27)32-21(2,3)4)6-7-18(24)22-8-9-28-10-11-29-12-13-30-14-15-31-16-19(25)26/h17H,5-16H2,1-4H3,(H,22,24)(H,23,27)(H,25,26)/t17-/m0/s1. The van der Waals surface area contributed by atoms with E-state index in [0.29, 0.717) is 65.4 Å². The third kappa shape index (κ3) is 21.3. The molecule has 2 amide bonds. The molecule has 188 valence electrons. The predicted octanol–water partition coefficient (Wildman–Crippen LogP) is 1.34. The normalized spacial score (nSPS) is 12.2. The van der Waals surface area contributed by atoms with E-state index in [1.165, 1.54) is 0 Å². The molecule has 0 aliphatic carbocycles. The minimum absolute atomic E-state index is 0.0984. The Balaban J connectivity index is 3.54. The number of ether oxygens (including phenoxy) is 5. The molecule has 3 N–H and O–H groups in total. The molecule has 0 spiro atoms. The van der Waals surface area contributed by atoms with E-state index in [0.717, 1.165) is 0 Å². The van der Waals surface area contributed by atoms with Crippen molar-refractivity contribution in [3.8, 4) is 0 Å². The molecule has 0 aliphatic rings. The van der Waals surface area contributed by atoms with Crippen LogP contribution < -0.4 is 10.6 Å².